The van der Waals surface area contributed by atoms with Crippen molar-refractivity contribution in [1.29, 1.82) is 0 Å². The summed E-state index contributed by atoms with van der Waals surface area (Å²) in [4.78, 5) is 24.9. The van der Waals surface area contributed by atoms with Crippen LogP contribution in [0.15, 0.2) is 48.0 Å². The lowest BCUT2D eigenvalue weighted by Crippen LogP contribution is -2.60. The number of hydrogen-bond donors (Lipinski definition) is 7. The molecule has 40 heavy (non-hydrogen) atoms. The van der Waals surface area contributed by atoms with Crippen LogP contribution in [0.25, 0.3) is 0 Å². The second kappa shape index (κ2) is 14.0. The van der Waals surface area contributed by atoms with Crippen molar-refractivity contribution in [1.82, 2.24) is 0 Å². The van der Waals surface area contributed by atoms with E-state index in [1.54, 1.807) is 6.92 Å². The Balaban J connectivity index is 1.67. The largest absolute Gasteiger partial charge is 0.504 e. The number of esters is 2. The molecule has 0 radical (unpaired) electrons. The van der Waals surface area contributed by atoms with E-state index in [4.69, 9.17) is 24.1 Å². The fourth-order valence-electron chi connectivity index (χ4n) is 3.84. The van der Waals surface area contributed by atoms with Crippen LogP contribution in [0.5, 0.6) is 23.0 Å². The SMILES string of the molecule is C/C(=C\CO)CO[C@@H]1O[C@H](COC(=O)Cc2ccc(O)c(O)c2)[C@@H](O)[C@H](O)[C@H]1OC(=O)Cc1ccc(O)c(O)c1. The number of aliphatic hydroxyl groups is 3. The van der Waals surface area contributed by atoms with Gasteiger partial charge in [0.2, 0.25) is 0 Å². The maximum Gasteiger partial charge on any atom is 0.310 e. The number of hydrogen-bond acceptors (Lipinski definition) is 13. The fraction of sp³-hybridized carbons (Fsp3) is 0.407. The minimum absolute atomic E-state index is 0.0925. The van der Waals surface area contributed by atoms with Gasteiger partial charge in [0.15, 0.2) is 35.4 Å². The lowest BCUT2D eigenvalue weighted by atomic mass is 9.99. The molecule has 0 aliphatic carbocycles. The van der Waals surface area contributed by atoms with Gasteiger partial charge in [-0.15, -0.1) is 0 Å². The van der Waals surface area contributed by atoms with E-state index in [1.807, 2.05) is 0 Å². The number of ether oxygens (including phenoxy) is 4. The lowest BCUT2D eigenvalue weighted by molar-refractivity contribution is -0.302. The third-order valence-electron chi connectivity index (χ3n) is 6.01. The standard InChI is InChI=1S/C27H32O13/c1-14(6-7-28)12-38-27-26(40-23(34)11-16-3-5-18(30)20(32)9-16)25(36)24(35)21(39-27)13-37-22(33)10-15-2-4-17(29)19(31)8-15/h2-6,8-9,21,24-32,35-36H,7,10-13H2,1H3/b14-6+/t21-,24-,25+,26-,27-/m1/s1. The highest BCUT2D eigenvalue weighted by molar-refractivity contribution is 5.73. The molecular weight excluding hydrogens is 532 g/mol. The average molecular weight is 565 g/mol. The monoisotopic (exact) mass is 564 g/mol. The Morgan fingerprint density at radius 3 is 2.00 bits per heavy atom. The summed E-state index contributed by atoms with van der Waals surface area (Å²) in [6.45, 7) is 0.811. The first-order valence-electron chi connectivity index (χ1n) is 12.2. The Labute approximate surface area is 229 Å². The summed E-state index contributed by atoms with van der Waals surface area (Å²) in [6, 6.07) is 7.57. The van der Waals surface area contributed by atoms with Crippen LogP contribution in [0.4, 0.5) is 0 Å². The number of rotatable bonds is 11. The van der Waals surface area contributed by atoms with Crippen molar-refractivity contribution in [3.63, 3.8) is 0 Å². The number of benzene rings is 2. The maximum atomic E-state index is 12.6. The quantitative estimate of drug-likeness (QED) is 0.110. The summed E-state index contributed by atoms with van der Waals surface area (Å²) in [6.07, 6.45) is -6.70. The predicted octanol–water partition coefficient (Wildman–Crippen LogP) is 0.151. The zero-order chi connectivity index (χ0) is 29.4. The van der Waals surface area contributed by atoms with Gasteiger partial charge in [-0.3, -0.25) is 9.59 Å². The van der Waals surface area contributed by atoms with E-state index in [1.165, 1.54) is 42.5 Å². The normalized spacial score (nSPS) is 23.0. The van der Waals surface area contributed by atoms with Gasteiger partial charge in [-0.05, 0) is 47.9 Å². The number of phenolic OH excluding ortho intramolecular Hbond substituents is 4. The molecule has 1 fully saturated rings. The van der Waals surface area contributed by atoms with E-state index < -0.39 is 60.8 Å². The van der Waals surface area contributed by atoms with Crippen LogP contribution in [-0.4, -0.2) is 98.2 Å². The average Bonchev–Trinajstić information content (AvgIpc) is 2.90. The summed E-state index contributed by atoms with van der Waals surface area (Å²) in [5, 5.41) is 68.6. The van der Waals surface area contributed by atoms with E-state index in [-0.39, 0.29) is 37.6 Å². The van der Waals surface area contributed by atoms with E-state index in [9.17, 15) is 40.2 Å². The second-order valence-electron chi connectivity index (χ2n) is 9.21. The van der Waals surface area contributed by atoms with Gasteiger partial charge in [0.05, 0.1) is 26.1 Å². The van der Waals surface area contributed by atoms with Crippen molar-refractivity contribution in [3.8, 4) is 23.0 Å². The van der Waals surface area contributed by atoms with E-state index in [2.05, 4.69) is 0 Å². The van der Waals surface area contributed by atoms with Crippen molar-refractivity contribution >= 4 is 11.9 Å². The molecule has 2 aromatic rings. The molecule has 1 aliphatic rings. The van der Waals surface area contributed by atoms with Crippen LogP contribution in [-0.2, 0) is 41.4 Å². The molecule has 0 bridgehead atoms. The van der Waals surface area contributed by atoms with Crippen LogP contribution in [0.3, 0.4) is 0 Å². The van der Waals surface area contributed by atoms with Crippen LogP contribution in [0.2, 0.25) is 0 Å². The second-order valence-corrected chi connectivity index (χ2v) is 9.21. The van der Waals surface area contributed by atoms with Crippen LogP contribution in [0, 0.1) is 0 Å². The lowest BCUT2D eigenvalue weighted by Gasteiger charge is -2.41. The highest BCUT2D eigenvalue weighted by Gasteiger charge is 2.47. The summed E-state index contributed by atoms with van der Waals surface area (Å²) in [7, 11) is 0. The summed E-state index contributed by atoms with van der Waals surface area (Å²) in [5.41, 5.74) is 1.25. The highest BCUT2D eigenvalue weighted by Crippen LogP contribution is 2.28. The Morgan fingerprint density at radius 2 is 1.45 bits per heavy atom. The molecule has 13 nitrogen and oxygen atoms in total. The maximum absolute atomic E-state index is 12.6. The van der Waals surface area contributed by atoms with Crippen molar-refractivity contribution in [2.45, 2.75) is 50.5 Å². The first-order valence-corrected chi connectivity index (χ1v) is 12.2. The first kappa shape index (κ1) is 30.7. The van der Waals surface area contributed by atoms with Crippen molar-refractivity contribution in [3.05, 3.63) is 59.2 Å². The minimum atomic E-state index is -1.71. The molecule has 1 saturated heterocycles. The van der Waals surface area contributed by atoms with Gasteiger partial charge in [0.25, 0.3) is 0 Å². The number of carbonyl (C=O) groups excluding carboxylic acids is 2. The molecular formula is C27H32O13. The van der Waals surface area contributed by atoms with Gasteiger partial charge in [0, 0.05) is 0 Å². The third-order valence-corrected chi connectivity index (χ3v) is 6.01. The topological polar surface area (TPSA) is 213 Å². The number of carbonyl (C=O) groups is 2. The van der Waals surface area contributed by atoms with Gasteiger partial charge in [-0.25, -0.2) is 0 Å². The Hall–Kier alpha value is -3.88. The highest BCUT2D eigenvalue weighted by atomic mass is 16.7. The Bertz CT molecular complexity index is 1210. The zero-order valence-corrected chi connectivity index (χ0v) is 21.5. The van der Waals surface area contributed by atoms with E-state index >= 15 is 0 Å². The summed E-state index contributed by atoms with van der Waals surface area (Å²) in [5.74, 6) is -3.18. The van der Waals surface area contributed by atoms with Crippen molar-refractivity contribution in [2.24, 2.45) is 0 Å². The van der Waals surface area contributed by atoms with Crippen LogP contribution in [0.1, 0.15) is 18.1 Å². The molecule has 3 rings (SSSR count). The molecule has 0 unspecified atom stereocenters. The molecule has 218 valence electrons. The van der Waals surface area contributed by atoms with Crippen LogP contribution >= 0.6 is 0 Å². The molecule has 13 heteroatoms. The van der Waals surface area contributed by atoms with Gasteiger partial charge >= 0.3 is 11.9 Å². The van der Waals surface area contributed by atoms with Gasteiger partial charge in [0.1, 0.15) is 24.9 Å². The van der Waals surface area contributed by atoms with Crippen molar-refractivity contribution in [2.75, 3.05) is 19.8 Å². The van der Waals surface area contributed by atoms with Crippen molar-refractivity contribution < 1.29 is 64.3 Å². The molecule has 2 aromatic carbocycles. The minimum Gasteiger partial charge on any atom is -0.504 e. The molecule has 0 spiro atoms. The number of aromatic hydroxyl groups is 4. The van der Waals surface area contributed by atoms with E-state index in [0.29, 0.717) is 16.7 Å². The molecule has 0 aromatic heterocycles. The molecule has 0 saturated carbocycles. The van der Waals surface area contributed by atoms with Gasteiger partial charge < -0.3 is 54.7 Å². The number of phenols is 4. The molecule has 1 aliphatic heterocycles. The fourth-order valence-corrected chi connectivity index (χ4v) is 3.84. The summed E-state index contributed by atoms with van der Waals surface area (Å²) < 4.78 is 21.9. The molecule has 0 amide bonds. The Morgan fingerprint density at radius 1 is 0.875 bits per heavy atom. The molecule has 5 atom stereocenters. The predicted molar refractivity (Wildman–Crippen MR) is 135 cm³/mol. The first-order chi connectivity index (χ1) is 19.0. The zero-order valence-electron chi connectivity index (χ0n) is 21.5. The smallest absolute Gasteiger partial charge is 0.310 e. The van der Waals surface area contributed by atoms with Gasteiger partial charge in [-0.2, -0.15) is 0 Å². The Kier molecular flexibility index (Phi) is 10.7. The summed E-state index contributed by atoms with van der Waals surface area (Å²) >= 11 is 0. The van der Waals surface area contributed by atoms with Gasteiger partial charge in [-0.1, -0.05) is 18.2 Å². The van der Waals surface area contributed by atoms with E-state index in [0.717, 1.165) is 0 Å². The third kappa shape index (κ3) is 8.31. The molecule has 1 heterocycles. The number of aliphatic hydroxyl groups excluding tert-OH is 3. The van der Waals surface area contributed by atoms with Crippen LogP contribution < -0.4 is 0 Å². The molecule has 7 N–H and O–H groups in total.